The molecule has 94 valence electrons. The van der Waals surface area contributed by atoms with Gasteiger partial charge in [-0.05, 0) is 18.1 Å². The molecule has 1 heterocycles. The highest BCUT2D eigenvalue weighted by molar-refractivity contribution is 5.97. The molecule has 0 N–H and O–H groups in total. The van der Waals surface area contributed by atoms with E-state index < -0.39 is 0 Å². The average molecular weight is 250 g/mol. The third-order valence-electron chi connectivity index (χ3n) is 3.28. The summed E-state index contributed by atoms with van der Waals surface area (Å²) in [6.45, 7) is 2.04. The SMILES string of the molecule is Cc1ccc([C@@H]2OC(=O)C=C2c2ccccc2)cc1. The molecule has 0 bridgehead atoms. The van der Waals surface area contributed by atoms with Crippen molar-refractivity contribution in [2.75, 3.05) is 0 Å². The van der Waals surface area contributed by atoms with Gasteiger partial charge in [0.1, 0.15) is 0 Å². The normalized spacial score (nSPS) is 18.1. The van der Waals surface area contributed by atoms with Crippen LogP contribution < -0.4 is 0 Å². The van der Waals surface area contributed by atoms with Crippen LogP contribution in [0.4, 0.5) is 0 Å². The molecule has 1 aliphatic rings. The molecule has 0 unspecified atom stereocenters. The third-order valence-corrected chi connectivity index (χ3v) is 3.28. The van der Waals surface area contributed by atoms with Gasteiger partial charge >= 0.3 is 5.97 Å². The van der Waals surface area contributed by atoms with Crippen LogP contribution in [0.3, 0.4) is 0 Å². The fraction of sp³-hybridized carbons (Fsp3) is 0.118. The first-order valence-electron chi connectivity index (χ1n) is 6.28. The molecule has 0 aliphatic carbocycles. The zero-order chi connectivity index (χ0) is 13.2. The summed E-state index contributed by atoms with van der Waals surface area (Å²) in [5, 5.41) is 0. The van der Waals surface area contributed by atoms with Gasteiger partial charge < -0.3 is 4.74 Å². The minimum Gasteiger partial charge on any atom is -0.449 e. The largest absolute Gasteiger partial charge is 0.449 e. The molecular weight excluding hydrogens is 236 g/mol. The van der Waals surface area contributed by atoms with Gasteiger partial charge in [0, 0.05) is 11.6 Å². The minimum atomic E-state index is -0.296. The highest BCUT2D eigenvalue weighted by Gasteiger charge is 2.28. The summed E-state index contributed by atoms with van der Waals surface area (Å²) >= 11 is 0. The molecule has 0 saturated carbocycles. The zero-order valence-corrected chi connectivity index (χ0v) is 10.7. The Bertz CT molecular complexity index is 624. The molecule has 2 nitrogen and oxygen atoms in total. The van der Waals surface area contributed by atoms with Gasteiger partial charge in [-0.3, -0.25) is 0 Å². The van der Waals surface area contributed by atoms with Crippen LogP contribution in [-0.4, -0.2) is 5.97 Å². The quantitative estimate of drug-likeness (QED) is 0.760. The summed E-state index contributed by atoms with van der Waals surface area (Å²) in [5.41, 5.74) is 4.15. The maximum atomic E-state index is 11.6. The first-order valence-corrected chi connectivity index (χ1v) is 6.28. The standard InChI is InChI=1S/C17H14O2/c1-12-7-9-14(10-8-12)17-15(11-16(18)19-17)13-5-3-2-4-6-13/h2-11,17H,1H3/t17-/m0/s1. The molecule has 0 radical (unpaired) electrons. The van der Waals surface area contributed by atoms with Gasteiger partial charge in [-0.2, -0.15) is 0 Å². The number of carbonyl (C=O) groups excluding carboxylic acids is 1. The number of ether oxygens (including phenoxy) is 1. The van der Waals surface area contributed by atoms with E-state index in [1.165, 1.54) is 5.56 Å². The first kappa shape index (κ1) is 11.7. The molecule has 1 aliphatic heterocycles. The number of hydrogen-bond donors (Lipinski definition) is 0. The number of benzene rings is 2. The van der Waals surface area contributed by atoms with Gasteiger partial charge in [-0.25, -0.2) is 4.79 Å². The van der Waals surface area contributed by atoms with Crippen LogP contribution in [0.25, 0.3) is 5.57 Å². The predicted octanol–water partition coefficient (Wildman–Crippen LogP) is 3.68. The summed E-state index contributed by atoms with van der Waals surface area (Å²) in [6.07, 6.45) is 1.29. The van der Waals surface area contributed by atoms with E-state index in [4.69, 9.17) is 4.74 Å². The topological polar surface area (TPSA) is 26.3 Å². The van der Waals surface area contributed by atoms with Gasteiger partial charge in [0.05, 0.1) is 0 Å². The molecule has 0 fully saturated rings. The lowest BCUT2D eigenvalue weighted by Gasteiger charge is -2.15. The van der Waals surface area contributed by atoms with Gasteiger partial charge in [-0.15, -0.1) is 0 Å². The van der Waals surface area contributed by atoms with Crippen LogP contribution in [0.5, 0.6) is 0 Å². The van der Waals surface area contributed by atoms with Crippen molar-refractivity contribution >= 4 is 11.5 Å². The number of carbonyl (C=O) groups is 1. The van der Waals surface area contributed by atoms with E-state index in [0.717, 1.165) is 16.7 Å². The number of aryl methyl sites for hydroxylation is 1. The lowest BCUT2D eigenvalue weighted by Crippen LogP contribution is -2.02. The zero-order valence-electron chi connectivity index (χ0n) is 10.7. The fourth-order valence-electron chi connectivity index (χ4n) is 2.27. The van der Waals surface area contributed by atoms with Gasteiger partial charge in [0.25, 0.3) is 0 Å². The smallest absolute Gasteiger partial charge is 0.332 e. The molecule has 2 heteroatoms. The Kier molecular flexibility index (Phi) is 2.92. The summed E-state index contributed by atoms with van der Waals surface area (Å²) in [7, 11) is 0. The van der Waals surface area contributed by atoms with E-state index in [9.17, 15) is 4.79 Å². The van der Waals surface area contributed by atoms with Crippen LogP contribution in [0.2, 0.25) is 0 Å². The van der Waals surface area contributed by atoms with Crippen LogP contribution in [0.1, 0.15) is 22.8 Å². The van der Waals surface area contributed by atoms with Crippen molar-refractivity contribution < 1.29 is 9.53 Å². The first-order chi connectivity index (χ1) is 9.24. The molecular formula is C17H14O2. The molecule has 2 aromatic carbocycles. The molecule has 0 amide bonds. The lowest BCUT2D eigenvalue weighted by atomic mass is 9.96. The molecule has 1 atom stereocenters. The Morgan fingerprint density at radius 3 is 2.32 bits per heavy atom. The maximum Gasteiger partial charge on any atom is 0.332 e. The Balaban J connectivity index is 2.00. The summed E-state index contributed by atoms with van der Waals surface area (Å²) in [6, 6.07) is 18.0. The molecule has 0 saturated heterocycles. The van der Waals surface area contributed by atoms with E-state index in [1.54, 1.807) is 6.08 Å². The number of hydrogen-bond acceptors (Lipinski definition) is 2. The number of cyclic esters (lactones) is 1. The van der Waals surface area contributed by atoms with Crippen molar-refractivity contribution in [2.24, 2.45) is 0 Å². The predicted molar refractivity (Wildman–Crippen MR) is 74.4 cm³/mol. The van der Waals surface area contributed by atoms with Crippen molar-refractivity contribution in [3.63, 3.8) is 0 Å². The summed E-state index contributed by atoms with van der Waals surface area (Å²) in [5.74, 6) is -0.274. The second kappa shape index (κ2) is 4.73. The Morgan fingerprint density at radius 2 is 1.63 bits per heavy atom. The molecule has 0 aromatic heterocycles. The molecule has 19 heavy (non-hydrogen) atoms. The van der Waals surface area contributed by atoms with E-state index in [2.05, 4.69) is 0 Å². The van der Waals surface area contributed by atoms with Crippen molar-refractivity contribution in [3.05, 3.63) is 77.4 Å². The molecule has 3 rings (SSSR count). The van der Waals surface area contributed by atoms with Crippen molar-refractivity contribution in [1.82, 2.24) is 0 Å². The third kappa shape index (κ3) is 2.29. The summed E-state index contributed by atoms with van der Waals surface area (Å²) < 4.78 is 5.42. The average Bonchev–Trinajstić information content (AvgIpc) is 2.83. The second-order valence-corrected chi connectivity index (χ2v) is 4.69. The minimum absolute atomic E-state index is 0.274. The monoisotopic (exact) mass is 250 g/mol. The van der Waals surface area contributed by atoms with Gasteiger partial charge in [-0.1, -0.05) is 60.2 Å². The van der Waals surface area contributed by atoms with E-state index in [1.807, 2.05) is 61.5 Å². The highest BCUT2D eigenvalue weighted by atomic mass is 16.5. The maximum absolute atomic E-state index is 11.6. The second-order valence-electron chi connectivity index (χ2n) is 4.69. The highest BCUT2D eigenvalue weighted by Crippen LogP contribution is 2.37. The Hall–Kier alpha value is -2.35. The Labute approximate surface area is 112 Å². The molecule has 0 spiro atoms. The van der Waals surface area contributed by atoms with Crippen LogP contribution in [-0.2, 0) is 9.53 Å². The summed E-state index contributed by atoms with van der Waals surface area (Å²) in [4.78, 5) is 11.6. The van der Waals surface area contributed by atoms with Crippen molar-refractivity contribution in [2.45, 2.75) is 13.0 Å². The van der Waals surface area contributed by atoms with Crippen molar-refractivity contribution in [3.8, 4) is 0 Å². The van der Waals surface area contributed by atoms with E-state index >= 15 is 0 Å². The van der Waals surface area contributed by atoms with E-state index in [0.29, 0.717) is 0 Å². The van der Waals surface area contributed by atoms with Gasteiger partial charge in [0.2, 0.25) is 0 Å². The fourth-order valence-corrected chi connectivity index (χ4v) is 2.27. The number of rotatable bonds is 2. The Morgan fingerprint density at radius 1 is 0.947 bits per heavy atom. The molecule has 2 aromatic rings. The number of esters is 1. The van der Waals surface area contributed by atoms with Crippen LogP contribution in [0, 0.1) is 6.92 Å². The van der Waals surface area contributed by atoms with Crippen molar-refractivity contribution in [1.29, 1.82) is 0 Å². The van der Waals surface area contributed by atoms with Crippen LogP contribution in [0.15, 0.2) is 60.7 Å². The lowest BCUT2D eigenvalue weighted by molar-refractivity contribution is -0.138. The van der Waals surface area contributed by atoms with E-state index in [-0.39, 0.29) is 12.1 Å². The van der Waals surface area contributed by atoms with Crippen LogP contribution >= 0.6 is 0 Å². The van der Waals surface area contributed by atoms with Gasteiger partial charge in [0.15, 0.2) is 6.10 Å².